The third-order valence-corrected chi connectivity index (χ3v) is 9.15. The summed E-state index contributed by atoms with van der Waals surface area (Å²) in [7, 11) is 3.18. The summed E-state index contributed by atoms with van der Waals surface area (Å²) in [5.41, 5.74) is 4.48. The van der Waals surface area contributed by atoms with Crippen LogP contribution in [-0.4, -0.2) is 27.1 Å². The zero-order valence-corrected chi connectivity index (χ0v) is 15.3. The lowest BCUT2D eigenvalue weighted by molar-refractivity contribution is 0.296. The van der Waals surface area contributed by atoms with Crippen LogP contribution in [0.15, 0.2) is 24.3 Å². The minimum Gasteiger partial charge on any atom is -0.302 e. The van der Waals surface area contributed by atoms with E-state index < -0.39 is 8.07 Å². The summed E-state index contributed by atoms with van der Waals surface area (Å²) in [5, 5.41) is 0. The summed E-state index contributed by atoms with van der Waals surface area (Å²) < 4.78 is 0. The molecule has 2 unspecified atom stereocenters. The summed E-state index contributed by atoms with van der Waals surface area (Å²) in [6.07, 6.45) is 1.32. The Kier molecular flexibility index (Phi) is 4.19. The molecule has 0 aromatic heterocycles. The molecule has 2 heteroatoms. The van der Waals surface area contributed by atoms with Crippen molar-refractivity contribution >= 4 is 8.07 Å². The molecule has 1 nitrogen and oxygen atoms in total. The standard InChI is InChI=1S/C18H31NSi/c1-18(2,3)13-20(6,7)17-12-16(19(4)5)14-10-8-9-11-15(14)17/h8-11,16-17H,12-13H2,1-7H3. The Hall–Kier alpha value is -0.603. The molecule has 0 heterocycles. The van der Waals surface area contributed by atoms with Gasteiger partial charge in [0.15, 0.2) is 0 Å². The average Bonchev–Trinajstić information content (AvgIpc) is 2.65. The fourth-order valence-corrected chi connectivity index (χ4v) is 9.27. The molecule has 112 valence electrons. The van der Waals surface area contributed by atoms with Gasteiger partial charge in [0.05, 0.1) is 8.07 Å². The van der Waals surface area contributed by atoms with Crippen molar-refractivity contribution in [2.75, 3.05) is 14.1 Å². The molecule has 0 aliphatic heterocycles. The highest BCUT2D eigenvalue weighted by atomic mass is 28.3. The van der Waals surface area contributed by atoms with E-state index in [0.717, 1.165) is 5.54 Å². The zero-order chi connectivity index (χ0) is 15.1. The maximum Gasteiger partial charge on any atom is 0.0558 e. The summed E-state index contributed by atoms with van der Waals surface area (Å²) in [5.74, 6) is 0. The zero-order valence-electron chi connectivity index (χ0n) is 14.3. The number of nitrogens with zero attached hydrogens (tertiary/aromatic N) is 1. The summed E-state index contributed by atoms with van der Waals surface area (Å²) in [4.78, 5) is 2.40. The van der Waals surface area contributed by atoms with Crippen molar-refractivity contribution in [1.82, 2.24) is 4.90 Å². The van der Waals surface area contributed by atoms with Crippen molar-refractivity contribution in [3.8, 4) is 0 Å². The summed E-state index contributed by atoms with van der Waals surface area (Å²) in [6, 6.07) is 11.2. The molecule has 0 saturated carbocycles. The second-order valence-electron chi connectivity index (χ2n) is 8.62. The Bertz CT molecular complexity index is 471. The van der Waals surface area contributed by atoms with Gasteiger partial charge in [-0.3, -0.25) is 0 Å². The van der Waals surface area contributed by atoms with Gasteiger partial charge in [-0.25, -0.2) is 0 Å². The second-order valence-corrected chi connectivity index (χ2v) is 13.7. The van der Waals surface area contributed by atoms with Crippen molar-refractivity contribution in [3.05, 3.63) is 35.4 Å². The molecule has 0 spiro atoms. The van der Waals surface area contributed by atoms with E-state index in [2.05, 4.69) is 77.1 Å². The fourth-order valence-electron chi connectivity index (χ4n) is 4.33. The van der Waals surface area contributed by atoms with E-state index >= 15 is 0 Å². The van der Waals surface area contributed by atoms with E-state index in [1.807, 2.05) is 0 Å². The third-order valence-electron chi connectivity index (χ3n) is 4.74. The molecule has 1 aromatic rings. The van der Waals surface area contributed by atoms with Gasteiger partial charge in [-0.1, -0.05) is 64.2 Å². The molecule has 2 rings (SSSR count). The molecule has 0 fully saturated rings. The Labute approximate surface area is 126 Å². The van der Waals surface area contributed by atoms with Crippen molar-refractivity contribution in [2.45, 2.75) is 57.9 Å². The molecule has 0 saturated heterocycles. The van der Waals surface area contributed by atoms with Crippen LogP contribution in [0.3, 0.4) is 0 Å². The van der Waals surface area contributed by atoms with E-state index in [4.69, 9.17) is 0 Å². The van der Waals surface area contributed by atoms with Gasteiger partial charge in [-0.2, -0.15) is 0 Å². The van der Waals surface area contributed by atoms with Crippen LogP contribution in [0.1, 0.15) is 49.9 Å². The minimum absolute atomic E-state index is 0.445. The molecule has 1 aliphatic carbocycles. The lowest BCUT2D eigenvalue weighted by atomic mass is 10.0. The van der Waals surface area contributed by atoms with E-state index in [1.54, 1.807) is 11.1 Å². The highest BCUT2D eigenvalue weighted by Gasteiger charge is 2.43. The fraction of sp³-hybridized carbons (Fsp3) is 0.667. The van der Waals surface area contributed by atoms with Crippen LogP contribution in [0, 0.1) is 5.41 Å². The summed E-state index contributed by atoms with van der Waals surface area (Å²) in [6.45, 7) is 12.4. The molecule has 20 heavy (non-hydrogen) atoms. The van der Waals surface area contributed by atoms with E-state index in [0.29, 0.717) is 11.5 Å². The Morgan fingerprint density at radius 3 is 2.15 bits per heavy atom. The highest BCUT2D eigenvalue weighted by Crippen LogP contribution is 2.49. The molecule has 0 N–H and O–H groups in total. The second kappa shape index (κ2) is 5.30. The summed E-state index contributed by atoms with van der Waals surface area (Å²) >= 11 is 0. The third kappa shape index (κ3) is 3.17. The first kappa shape index (κ1) is 15.8. The Balaban J connectivity index is 2.35. The Morgan fingerprint density at radius 1 is 1.10 bits per heavy atom. The van der Waals surface area contributed by atoms with Gasteiger partial charge in [0.2, 0.25) is 0 Å². The molecular formula is C18H31NSi. The van der Waals surface area contributed by atoms with Gasteiger partial charge in [0.25, 0.3) is 0 Å². The molecule has 1 aromatic carbocycles. The van der Waals surface area contributed by atoms with E-state index in [1.165, 1.54) is 12.5 Å². The van der Waals surface area contributed by atoms with Crippen LogP contribution < -0.4 is 0 Å². The van der Waals surface area contributed by atoms with Crippen LogP contribution >= 0.6 is 0 Å². The predicted octanol–water partition coefficient (Wildman–Crippen LogP) is 5.07. The van der Waals surface area contributed by atoms with Crippen LogP contribution in [0.5, 0.6) is 0 Å². The van der Waals surface area contributed by atoms with Crippen LogP contribution in [0.4, 0.5) is 0 Å². The predicted molar refractivity (Wildman–Crippen MR) is 92.0 cm³/mol. The maximum absolute atomic E-state index is 2.59. The molecule has 2 atom stereocenters. The van der Waals surface area contributed by atoms with Gasteiger partial charge in [-0.15, -0.1) is 0 Å². The number of rotatable bonds is 3. The first-order valence-electron chi connectivity index (χ1n) is 7.87. The van der Waals surface area contributed by atoms with Gasteiger partial charge in [0.1, 0.15) is 0 Å². The number of hydrogen-bond donors (Lipinski definition) is 0. The molecule has 0 amide bonds. The largest absolute Gasteiger partial charge is 0.302 e. The van der Waals surface area contributed by atoms with Gasteiger partial charge in [0, 0.05) is 6.04 Å². The normalized spacial score (nSPS) is 23.2. The molecule has 0 radical (unpaired) electrons. The number of hydrogen-bond acceptors (Lipinski definition) is 1. The minimum atomic E-state index is -1.27. The lowest BCUT2D eigenvalue weighted by Gasteiger charge is -2.36. The van der Waals surface area contributed by atoms with Crippen molar-refractivity contribution in [1.29, 1.82) is 0 Å². The first-order chi connectivity index (χ1) is 9.12. The highest BCUT2D eigenvalue weighted by molar-refractivity contribution is 6.79. The van der Waals surface area contributed by atoms with Gasteiger partial charge in [-0.05, 0) is 42.6 Å². The van der Waals surface area contributed by atoms with Gasteiger partial charge >= 0.3 is 0 Å². The number of benzene rings is 1. The van der Waals surface area contributed by atoms with Gasteiger partial charge < -0.3 is 4.90 Å². The lowest BCUT2D eigenvalue weighted by Crippen LogP contribution is -2.38. The average molecular weight is 290 g/mol. The topological polar surface area (TPSA) is 3.24 Å². The van der Waals surface area contributed by atoms with E-state index in [9.17, 15) is 0 Å². The SMILES string of the molecule is CN(C)C1CC([Si](C)(C)CC(C)(C)C)c2ccccc21. The molecular weight excluding hydrogens is 258 g/mol. The van der Waals surface area contributed by atoms with Crippen LogP contribution in [0.2, 0.25) is 19.1 Å². The van der Waals surface area contributed by atoms with Crippen molar-refractivity contribution < 1.29 is 0 Å². The smallest absolute Gasteiger partial charge is 0.0558 e. The van der Waals surface area contributed by atoms with Crippen molar-refractivity contribution in [2.24, 2.45) is 5.41 Å². The maximum atomic E-state index is 2.59. The van der Waals surface area contributed by atoms with Crippen LogP contribution in [-0.2, 0) is 0 Å². The van der Waals surface area contributed by atoms with Crippen LogP contribution in [0.25, 0.3) is 0 Å². The Morgan fingerprint density at radius 2 is 1.65 bits per heavy atom. The number of fused-ring (bicyclic) bond motifs is 1. The molecule has 1 aliphatic rings. The van der Waals surface area contributed by atoms with E-state index in [-0.39, 0.29) is 0 Å². The monoisotopic (exact) mass is 289 g/mol. The quantitative estimate of drug-likeness (QED) is 0.702. The van der Waals surface area contributed by atoms with Crippen molar-refractivity contribution in [3.63, 3.8) is 0 Å². The first-order valence-corrected chi connectivity index (χ1v) is 11.2. The molecule has 0 bridgehead atoms.